The first kappa shape index (κ1) is 22.7. The number of aryl methyl sites for hydroxylation is 1. The van der Waals surface area contributed by atoms with E-state index in [1.807, 2.05) is 42.7 Å². The van der Waals surface area contributed by atoms with Gasteiger partial charge in [-0.1, -0.05) is 36.0 Å². The predicted octanol–water partition coefficient (Wildman–Crippen LogP) is 4.94. The van der Waals surface area contributed by atoms with E-state index in [9.17, 15) is 18.0 Å². The van der Waals surface area contributed by atoms with Crippen LogP contribution < -0.4 is 10.1 Å². The third-order valence-corrected chi connectivity index (χ3v) is 5.33. The molecule has 0 unspecified atom stereocenters. The van der Waals surface area contributed by atoms with Gasteiger partial charge < -0.3 is 14.6 Å². The number of thioether (sulfide) groups is 1. The van der Waals surface area contributed by atoms with Crippen LogP contribution in [-0.4, -0.2) is 26.4 Å². The minimum absolute atomic E-state index is 0.0208. The first-order valence-corrected chi connectivity index (χ1v) is 10.5. The number of halogens is 3. The van der Waals surface area contributed by atoms with Gasteiger partial charge in [-0.15, -0.1) is 10.2 Å². The van der Waals surface area contributed by atoms with Crippen molar-refractivity contribution >= 4 is 23.4 Å². The molecule has 0 aliphatic carbocycles. The molecule has 1 N–H and O–H groups in total. The van der Waals surface area contributed by atoms with E-state index in [1.165, 1.54) is 12.1 Å². The molecule has 3 aromatic rings. The molecule has 1 amide bonds. The normalized spacial score (nSPS) is 11.4. The van der Waals surface area contributed by atoms with E-state index in [0.29, 0.717) is 17.5 Å². The third kappa shape index (κ3) is 6.00. The van der Waals surface area contributed by atoms with Crippen LogP contribution in [0.5, 0.6) is 5.75 Å². The first-order chi connectivity index (χ1) is 14.8. The summed E-state index contributed by atoms with van der Waals surface area (Å²) in [7, 11) is 0. The fourth-order valence-corrected chi connectivity index (χ4v) is 3.63. The van der Waals surface area contributed by atoms with Crippen molar-refractivity contribution in [3.8, 4) is 5.75 Å². The number of hydrogen-bond donors (Lipinski definition) is 1. The molecule has 10 heteroatoms. The Hall–Kier alpha value is -3.01. The lowest BCUT2D eigenvalue weighted by atomic mass is 10.2. The second kappa shape index (κ2) is 9.86. The molecule has 1 heterocycles. The lowest BCUT2D eigenvalue weighted by Gasteiger charge is -2.11. The molecule has 0 aliphatic heterocycles. The highest BCUT2D eigenvalue weighted by Gasteiger charge is 2.30. The summed E-state index contributed by atoms with van der Waals surface area (Å²) in [4.78, 5) is 12.2. The molecule has 31 heavy (non-hydrogen) atoms. The van der Waals surface area contributed by atoms with Crippen molar-refractivity contribution in [3.63, 3.8) is 0 Å². The second-order valence-corrected chi connectivity index (χ2v) is 7.56. The highest BCUT2D eigenvalue weighted by molar-refractivity contribution is 7.99. The third-order valence-electron chi connectivity index (χ3n) is 4.37. The van der Waals surface area contributed by atoms with Crippen molar-refractivity contribution in [2.45, 2.75) is 38.3 Å². The molecule has 164 valence electrons. The van der Waals surface area contributed by atoms with Gasteiger partial charge in [0.15, 0.2) is 11.0 Å². The Morgan fingerprint density at radius 3 is 2.65 bits per heavy atom. The maximum absolute atomic E-state index is 12.8. The van der Waals surface area contributed by atoms with Crippen molar-refractivity contribution in [2.75, 3.05) is 11.1 Å². The highest BCUT2D eigenvalue weighted by Crippen LogP contribution is 2.30. The maximum atomic E-state index is 12.8. The number of rotatable bonds is 8. The van der Waals surface area contributed by atoms with E-state index >= 15 is 0 Å². The number of hydrogen-bond acceptors (Lipinski definition) is 5. The summed E-state index contributed by atoms with van der Waals surface area (Å²) in [6.07, 6.45) is -4.47. The molecule has 0 bridgehead atoms. The Balaban J connectivity index is 1.59. The molecule has 2 aromatic carbocycles. The number of para-hydroxylation sites is 1. The van der Waals surface area contributed by atoms with E-state index in [4.69, 9.17) is 4.74 Å². The fraction of sp³-hybridized carbons (Fsp3) is 0.286. The molecule has 6 nitrogen and oxygen atoms in total. The maximum Gasteiger partial charge on any atom is 0.416 e. The summed E-state index contributed by atoms with van der Waals surface area (Å²) in [6, 6.07) is 12.1. The minimum Gasteiger partial charge on any atom is -0.485 e. The van der Waals surface area contributed by atoms with Crippen molar-refractivity contribution in [2.24, 2.45) is 0 Å². The predicted molar refractivity (Wildman–Crippen MR) is 112 cm³/mol. The van der Waals surface area contributed by atoms with Crippen LogP contribution in [0.4, 0.5) is 18.9 Å². The van der Waals surface area contributed by atoms with Crippen molar-refractivity contribution in [1.29, 1.82) is 0 Å². The lowest BCUT2D eigenvalue weighted by Crippen LogP contribution is -2.15. The Morgan fingerprint density at radius 2 is 1.94 bits per heavy atom. The highest BCUT2D eigenvalue weighted by atomic mass is 32.2. The van der Waals surface area contributed by atoms with Crippen LogP contribution in [0, 0.1) is 6.92 Å². The van der Waals surface area contributed by atoms with Gasteiger partial charge in [0.2, 0.25) is 5.91 Å². The first-order valence-electron chi connectivity index (χ1n) is 9.48. The van der Waals surface area contributed by atoms with Crippen molar-refractivity contribution in [3.05, 3.63) is 65.5 Å². The Labute approximate surface area is 181 Å². The summed E-state index contributed by atoms with van der Waals surface area (Å²) in [5.41, 5.74) is 0.276. The number of alkyl halides is 3. The summed E-state index contributed by atoms with van der Waals surface area (Å²) in [5.74, 6) is 0.912. The minimum atomic E-state index is -4.47. The number of nitrogens with one attached hydrogen (secondary N) is 1. The number of carbonyl (C=O) groups excluding carboxylic acids is 1. The van der Waals surface area contributed by atoms with E-state index < -0.39 is 17.6 Å². The number of ether oxygens (including phenoxy) is 1. The molecule has 0 atom stereocenters. The van der Waals surface area contributed by atoms with Gasteiger partial charge in [0.05, 0.1) is 11.3 Å². The zero-order chi connectivity index (χ0) is 22.4. The van der Waals surface area contributed by atoms with Crippen LogP contribution >= 0.6 is 11.8 Å². The zero-order valence-electron chi connectivity index (χ0n) is 16.9. The van der Waals surface area contributed by atoms with Gasteiger partial charge in [-0.25, -0.2) is 0 Å². The summed E-state index contributed by atoms with van der Waals surface area (Å²) < 4.78 is 46.1. The average molecular weight is 450 g/mol. The number of carbonyl (C=O) groups is 1. The SMILES string of the molecule is CCn1c(COc2ccccc2C)nnc1SCC(=O)Nc1cccc(C(F)(F)F)c1. The van der Waals surface area contributed by atoms with Crippen LogP contribution in [0.3, 0.4) is 0 Å². The largest absolute Gasteiger partial charge is 0.485 e. The number of aromatic nitrogens is 3. The Kier molecular flexibility index (Phi) is 7.21. The molecule has 1 aromatic heterocycles. The standard InChI is InChI=1S/C21H21F3N4O2S/c1-3-28-18(12-30-17-10-5-4-7-14(17)2)26-27-20(28)31-13-19(29)25-16-9-6-8-15(11-16)21(22,23)24/h4-11H,3,12-13H2,1-2H3,(H,25,29). The van der Waals surface area contributed by atoms with Gasteiger partial charge in [0, 0.05) is 12.2 Å². The Bertz CT molecular complexity index is 1050. The molecule has 0 saturated heterocycles. The topological polar surface area (TPSA) is 69.0 Å². The molecular weight excluding hydrogens is 429 g/mol. The van der Waals surface area contributed by atoms with E-state index in [1.54, 1.807) is 0 Å². The van der Waals surface area contributed by atoms with Gasteiger partial charge in [-0.3, -0.25) is 4.79 Å². The number of nitrogens with zero attached hydrogens (tertiary/aromatic N) is 3. The zero-order valence-corrected chi connectivity index (χ0v) is 17.8. The molecule has 0 aliphatic rings. The molecule has 0 spiro atoms. The smallest absolute Gasteiger partial charge is 0.416 e. The Morgan fingerprint density at radius 1 is 1.16 bits per heavy atom. The van der Waals surface area contributed by atoms with Gasteiger partial charge in [0.1, 0.15) is 12.4 Å². The summed E-state index contributed by atoms with van der Waals surface area (Å²) >= 11 is 1.15. The molecule has 0 saturated carbocycles. The van der Waals surface area contributed by atoms with Crippen LogP contribution in [0.15, 0.2) is 53.7 Å². The quantitative estimate of drug-likeness (QED) is 0.493. The van der Waals surface area contributed by atoms with Crippen molar-refractivity contribution in [1.82, 2.24) is 14.8 Å². The number of amides is 1. The van der Waals surface area contributed by atoms with Gasteiger partial charge >= 0.3 is 6.18 Å². The van der Waals surface area contributed by atoms with Gasteiger partial charge in [0.25, 0.3) is 0 Å². The molecule has 0 fully saturated rings. The number of benzene rings is 2. The molecular formula is C21H21F3N4O2S. The van der Waals surface area contributed by atoms with Crippen LogP contribution in [0.25, 0.3) is 0 Å². The summed E-state index contributed by atoms with van der Waals surface area (Å²) in [5, 5.41) is 11.3. The molecule has 3 rings (SSSR count). The van der Waals surface area contributed by atoms with Crippen molar-refractivity contribution < 1.29 is 22.7 Å². The lowest BCUT2D eigenvalue weighted by molar-refractivity contribution is -0.137. The summed E-state index contributed by atoms with van der Waals surface area (Å²) in [6.45, 7) is 4.68. The van der Waals surface area contributed by atoms with Gasteiger partial charge in [-0.2, -0.15) is 13.2 Å². The fourth-order valence-electron chi connectivity index (χ4n) is 2.81. The van der Waals surface area contributed by atoms with Crippen LogP contribution in [0.1, 0.15) is 23.9 Å². The molecule has 0 radical (unpaired) electrons. The second-order valence-electron chi connectivity index (χ2n) is 6.61. The average Bonchev–Trinajstić information content (AvgIpc) is 3.13. The van der Waals surface area contributed by atoms with Gasteiger partial charge in [-0.05, 0) is 43.7 Å². The van der Waals surface area contributed by atoms with E-state index in [0.717, 1.165) is 35.2 Å². The van der Waals surface area contributed by atoms with E-state index in [-0.39, 0.29) is 18.0 Å². The number of anilines is 1. The van der Waals surface area contributed by atoms with E-state index in [2.05, 4.69) is 15.5 Å². The van der Waals surface area contributed by atoms with Crippen LogP contribution in [-0.2, 0) is 24.1 Å². The van der Waals surface area contributed by atoms with Crippen LogP contribution in [0.2, 0.25) is 0 Å². The monoisotopic (exact) mass is 450 g/mol.